The van der Waals surface area contributed by atoms with E-state index in [1.54, 1.807) is 11.3 Å². The molecule has 2 rings (SSSR count). The Morgan fingerprint density at radius 3 is 2.88 bits per heavy atom. The second kappa shape index (κ2) is 5.00. The highest BCUT2D eigenvalue weighted by atomic mass is 32.1. The third-order valence-corrected chi connectivity index (χ3v) is 4.25. The van der Waals surface area contributed by atoms with Gasteiger partial charge in [-0.2, -0.15) is 0 Å². The second-order valence-electron chi connectivity index (χ2n) is 4.70. The molecule has 1 aromatic heterocycles. The molecular weight excluding hydrogens is 238 g/mol. The molecule has 0 amide bonds. The van der Waals surface area contributed by atoms with E-state index in [0.29, 0.717) is 12.5 Å². The molecule has 1 aliphatic rings. The van der Waals surface area contributed by atoms with Crippen molar-refractivity contribution in [3.63, 3.8) is 0 Å². The Bertz CT molecular complexity index is 405. The molecule has 94 valence electrons. The van der Waals surface area contributed by atoms with Crippen LogP contribution in [-0.4, -0.2) is 34.4 Å². The van der Waals surface area contributed by atoms with Gasteiger partial charge in [0, 0.05) is 19.0 Å². The van der Waals surface area contributed by atoms with Crippen molar-refractivity contribution in [2.45, 2.75) is 32.6 Å². The Morgan fingerprint density at radius 1 is 1.53 bits per heavy atom. The molecule has 1 saturated heterocycles. The van der Waals surface area contributed by atoms with Crippen LogP contribution in [0.25, 0.3) is 0 Å². The van der Waals surface area contributed by atoms with E-state index in [-0.39, 0.29) is 5.92 Å². The average molecular weight is 255 g/mol. The van der Waals surface area contributed by atoms with Gasteiger partial charge in [-0.3, -0.25) is 4.79 Å². The van der Waals surface area contributed by atoms with Crippen molar-refractivity contribution >= 4 is 22.4 Å². The number of piperidine rings is 1. The summed E-state index contributed by atoms with van der Waals surface area (Å²) in [5.74, 6) is -0.597. The monoisotopic (exact) mass is 255 g/mol. The third kappa shape index (κ3) is 2.74. The lowest BCUT2D eigenvalue weighted by atomic mass is 9.99. The summed E-state index contributed by atoms with van der Waals surface area (Å²) in [5.41, 5.74) is 0. The molecule has 0 aliphatic carbocycles. The molecule has 1 aromatic rings. The minimum Gasteiger partial charge on any atom is -0.481 e. The predicted molar refractivity (Wildman–Crippen MR) is 66.6 cm³/mol. The Kier molecular flexibility index (Phi) is 3.61. The van der Waals surface area contributed by atoms with E-state index in [4.69, 9.17) is 5.11 Å². The molecule has 0 aromatic carbocycles. The predicted octanol–water partition coefficient (Wildman–Crippen LogP) is 1.96. The molecule has 1 unspecified atom stereocenters. The summed E-state index contributed by atoms with van der Waals surface area (Å²) < 4.78 is 0. The number of aromatic nitrogens is 2. The average Bonchev–Trinajstić information content (AvgIpc) is 2.78. The normalized spacial score (nSPS) is 20.9. The van der Waals surface area contributed by atoms with E-state index in [9.17, 15) is 4.79 Å². The minimum atomic E-state index is -0.705. The zero-order valence-corrected chi connectivity index (χ0v) is 10.9. The number of rotatable bonds is 3. The number of carbonyl (C=O) groups is 1. The molecule has 0 radical (unpaired) electrons. The number of nitrogens with zero attached hydrogens (tertiary/aromatic N) is 3. The first kappa shape index (κ1) is 12.3. The number of carboxylic acids is 1. The topological polar surface area (TPSA) is 66.3 Å². The summed E-state index contributed by atoms with van der Waals surface area (Å²) in [6, 6.07) is 0. The van der Waals surface area contributed by atoms with Crippen LogP contribution in [0.3, 0.4) is 0 Å². The van der Waals surface area contributed by atoms with Gasteiger partial charge in [0.2, 0.25) is 5.13 Å². The standard InChI is InChI=1S/C11H17N3O2S/c1-7(2)9-12-13-11(17-9)14-5-3-4-8(6-14)10(15)16/h7-8H,3-6H2,1-2H3,(H,15,16). The highest BCUT2D eigenvalue weighted by molar-refractivity contribution is 7.15. The Hall–Kier alpha value is -1.17. The molecule has 5 nitrogen and oxygen atoms in total. The van der Waals surface area contributed by atoms with Crippen LogP contribution < -0.4 is 4.90 Å². The van der Waals surface area contributed by atoms with Gasteiger partial charge in [-0.05, 0) is 12.8 Å². The highest BCUT2D eigenvalue weighted by Gasteiger charge is 2.27. The summed E-state index contributed by atoms with van der Waals surface area (Å²) in [6.45, 7) is 5.61. The van der Waals surface area contributed by atoms with Crippen LogP contribution in [0.1, 0.15) is 37.6 Å². The van der Waals surface area contributed by atoms with Gasteiger partial charge in [0.05, 0.1) is 5.92 Å². The lowest BCUT2D eigenvalue weighted by molar-refractivity contribution is -0.141. The molecule has 0 bridgehead atoms. The highest BCUT2D eigenvalue weighted by Crippen LogP contribution is 2.29. The van der Waals surface area contributed by atoms with Crippen LogP contribution >= 0.6 is 11.3 Å². The Labute approximate surface area is 104 Å². The van der Waals surface area contributed by atoms with Gasteiger partial charge in [0.25, 0.3) is 0 Å². The number of anilines is 1. The number of hydrogen-bond acceptors (Lipinski definition) is 5. The van der Waals surface area contributed by atoms with Crippen LogP contribution in [-0.2, 0) is 4.79 Å². The fourth-order valence-corrected chi connectivity index (χ4v) is 2.82. The van der Waals surface area contributed by atoms with Crippen LogP contribution in [0.4, 0.5) is 5.13 Å². The lowest BCUT2D eigenvalue weighted by Crippen LogP contribution is -2.38. The van der Waals surface area contributed by atoms with E-state index >= 15 is 0 Å². The molecular formula is C11H17N3O2S. The molecule has 0 spiro atoms. The first-order valence-electron chi connectivity index (χ1n) is 5.89. The van der Waals surface area contributed by atoms with Crippen molar-refractivity contribution in [3.05, 3.63) is 5.01 Å². The zero-order valence-electron chi connectivity index (χ0n) is 10.1. The quantitative estimate of drug-likeness (QED) is 0.894. The summed E-state index contributed by atoms with van der Waals surface area (Å²) in [7, 11) is 0. The molecule has 0 saturated carbocycles. The van der Waals surface area contributed by atoms with Gasteiger partial charge in [-0.25, -0.2) is 0 Å². The zero-order chi connectivity index (χ0) is 12.4. The van der Waals surface area contributed by atoms with E-state index in [0.717, 1.165) is 29.5 Å². The van der Waals surface area contributed by atoms with E-state index in [1.165, 1.54) is 0 Å². The molecule has 1 atom stereocenters. The van der Waals surface area contributed by atoms with E-state index in [2.05, 4.69) is 24.0 Å². The molecule has 1 N–H and O–H groups in total. The first-order valence-corrected chi connectivity index (χ1v) is 6.70. The smallest absolute Gasteiger partial charge is 0.308 e. The van der Waals surface area contributed by atoms with Crippen molar-refractivity contribution in [2.24, 2.45) is 5.92 Å². The van der Waals surface area contributed by atoms with Crippen molar-refractivity contribution in [1.82, 2.24) is 10.2 Å². The maximum Gasteiger partial charge on any atom is 0.308 e. The van der Waals surface area contributed by atoms with Gasteiger partial charge in [0.1, 0.15) is 5.01 Å². The lowest BCUT2D eigenvalue weighted by Gasteiger charge is -2.29. The maximum absolute atomic E-state index is 11.0. The molecule has 6 heteroatoms. The fraction of sp³-hybridized carbons (Fsp3) is 0.727. The van der Waals surface area contributed by atoms with Gasteiger partial charge < -0.3 is 10.0 Å². The third-order valence-electron chi connectivity index (χ3n) is 2.97. The molecule has 2 heterocycles. The summed E-state index contributed by atoms with van der Waals surface area (Å²) in [6.07, 6.45) is 1.68. The Morgan fingerprint density at radius 2 is 2.29 bits per heavy atom. The van der Waals surface area contributed by atoms with E-state index in [1.807, 2.05) is 4.90 Å². The summed E-state index contributed by atoms with van der Waals surface area (Å²) in [5, 5.41) is 19.2. The van der Waals surface area contributed by atoms with Crippen molar-refractivity contribution in [2.75, 3.05) is 18.0 Å². The molecule has 1 fully saturated rings. The fourth-order valence-electron chi connectivity index (χ4n) is 1.94. The Balaban J connectivity index is 2.08. The van der Waals surface area contributed by atoms with Gasteiger partial charge in [-0.1, -0.05) is 25.2 Å². The molecule has 17 heavy (non-hydrogen) atoms. The SMILES string of the molecule is CC(C)c1nnc(N2CCCC(C(=O)O)C2)s1. The van der Waals surface area contributed by atoms with Crippen molar-refractivity contribution in [1.29, 1.82) is 0 Å². The van der Waals surface area contributed by atoms with Crippen molar-refractivity contribution in [3.8, 4) is 0 Å². The largest absolute Gasteiger partial charge is 0.481 e. The minimum absolute atomic E-state index is 0.268. The number of aliphatic carboxylic acids is 1. The molecule has 1 aliphatic heterocycles. The van der Waals surface area contributed by atoms with Crippen LogP contribution in [0, 0.1) is 5.92 Å². The van der Waals surface area contributed by atoms with Crippen LogP contribution in [0.5, 0.6) is 0 Å². The van der Waals surface area contributed by atoms with E-state index < -0.39 is 5.97 Å². The number of carboxylic acid groups (broad SMARTS) is 1. The second-order valence-corrected chi connectivity index (χ2v) is 5.69. The van der Waals surface area contributed by atoms with Gasteiger partial charge in [-0.15, -0.1) is 10.2 Å². The van der Waals surface area contributed by atoms with Crippen LogP contribution in [0.15, 0.2) is 0 Å². The van der Waals surface area contributed by atoms with Crippen molar-refractivity contribution < 1.29 is 9.90 Å². The first-order chi connectivity index (χ1) is 8.08. The summed E-state index contributed by atoms with van der Waals surface area (Å²) >= 11 is 1.57. The van der Waals surface area contributed by atoms with Crippen LogP contribution in [0.2, 0.25) is 0 Å². The maximum atomic E-state index is 11.0. The van der Waals surface area contributed by atoms with Gasteiger partial charge in [0.15, 0.2) is 0 Å². The summed E-state index contributed by atoms with van der Waals surface area (Å²) in [4.78, 5) is 13.0. The number of hydrogen-bond donors (Lipinski definition) is 1. The van der Waals surface area contributed by atoms with Gasteiger partial charge >= 0.3 is 5.97 Å².